The molecule has 1 rings (SSSR count). The number of nitrogens with one attached hydrogen (secondary N) is 1. The summed E-state index contributed by atoms with van der Waals surface area (Å²) in [6, 6.07) is 6.78. The lowest BCUT2D eigenvalue weighted by molar-refractivity contribution is 0.455. The van der Waals surface area contributed by atoms with Crippen LogP contribution in [0, 0.1) is 13.8 Å². The highest BCUT2D eigenvalue weighted by Gasteiger charge is 2.21. The first kappa shape index (κ1) is 14.2. The molecular weight excluding hydrogens is 206 g/mol. The molecule has 0 aliphatic carbocycles. The Hall–Kier alpha value is -0.820. The predicted molar refractivity (Wildman–Crippen MR) is 76.7 cm³/mol. The highest BCUT2D eigenvalue weighted by atomic mass is 14.8. The van der Waals surface area contributed by atoms with Crippen molar-refractivity contribution in [3.63, 3.8) is 0 Å². The van der Waals surface area contributed by atoms with Crippen LogP contribution in [-0.2, 0) is 5.41 Å². The third-order valence-corrected chi connectivity index (χ3v) is 3.48. The monoisotopic (exact) mass is 233 g/mol. The maximum absolute atomic E-state index is 3.50. The molecule has 1 N–H and O–H groups in total. The average molecular weight is 233 g/mol. The van der Waals surface area contributed by atoms with E-state index in [0.29, 0.717) is 0 Å². The molecule has 0 atom stereocenters. The maximum atomic E-state index is 3.50. The molecule has 0 saturated carbocycles. The van der Waals surface area contributed by atoms with Gasteiger partial charge in [0.05, 0.1) is 0 Å². The van der Waals surface area contributed by atoms with Crippen LogP contribution in [0.2, 0.25) is 0 Å². The summed E-state index contributed by atoms with van der Waals surface area (Å²) in [5, 5.41) is 3.50. The summed E-state index contributed by atoms with van der Waals surface area (Å²) < 4.78 is 0. The molecule has 0 saturated heterocycles. The Morgan fingerprint density at radius 3 is 2.47 bits per heavy atom. The molecule has 0 aliphatic heterocycles. The first-order valence-corrected chi connectivity index (χ1v) is 6.76. The van der Waals surface area contributed by atoms with Gasteiger partial charge in [-0.25, -0.2) is 0 Å². The zero-order valence-electron chi connectivity index (χ0n) is 12.1. The molecule has 0 fully saturated rings. The molecule has 1 aromatic carbocycles. The summed E-state index contributed by atoms with van der Waals surface area (Å²) in [4.78, 5) is 0. The summed E-state index contributed by atoms with van der Waals surface area (Å²) in [7, 11) is 0. The van der Waals surface area contributed by atoms with E-state index in [4.69, 9.17) is 0 Å². The molecule has 1 heteroatoms. The van der Waals surface area contributed by atoms with Crippen molar-refractivity contribution in [1.29, 1.82) is 0 Å². The summed E-state index contributed by atoms with van der Waals surface area (Å²) in [5.41, 5.74) is 4.53. The van der Waals surface area contributed by atoms with Gasteiger partial charge in [0.1, 0.15) is 0 Å². The van der Waals surface area contributed by atoms with Gasteiger partial charge in [0.2, 0.25) is 0 Å². The van der Waals surface area contributed by atoms with Crippen LogP contribution in [0.15, 0.2) is 18.2 Å². The van der Waals surface area contributed by atoms with E-state index in [2.05, 4.69) is 58.1 Å². The Morgan fingerprint density at radius 1 is 1.12 bits per heavy atom. The van der Waals surface area contributed by atoms with Crippen molar-refractivity contribution >= 4 is 0 Å². The topological polar surface area (TPSA) is 12.0 Å². The fourth-order valence-corrected chi connectivity index (χ4v) is 2.30. The van der Waals surface area contributed by atoms with Crippen LogP contribution in [0.1, 0.15) is 50.3 Å². The quantitative estimate of drug-likeness (QED) is 0.733. The van der Waals surface area contributed by atoms with E-state index in [9.17, 15) is 0 Å². The first-order valence-electron chi connectivity index (χ1n) is 6.76. The van der Waals surface area contributed by atoms with Gasteiger partial charge in [-0.05, 0) is 56.3 Å². The minimum atomic E-state index is 0.261. The van der Waals surface area contributed by atoms with Crippen molar-refractivity contribution in [1.82, 2.24) is 5.32 Å². The molecule has 0 radical (unpaired) electrons. The number of rotatable bonds is 6. The number of hydrogen-bond donors (Lipinski definition) is 1. The second-order valence-electron chi connectivity index (χ2n) is 5.70. The zero-order valence-corrected chi connectivity index (χ0v) is 12.1. The molecule has 0 amide bonds. The Labute approximate surface area is 107 Å². The molecule has 0 heterocycles. The Kier molecular flexibility index (Phi) is 5.20. The standard InChI is InChI=1S/C16H27N/c1-6-10-17-11-9-16(4,5)15-12-13(2)7-8-14(15)3/h7-8,12,17H,6,9-11H2,1-5H3. The number of hydrogen-bond acceptors (Lipinski definition) is 1. The van der Waals surface area contributed by atoms with E-state index >= 15 is 0 Å². The molecule has 96 valence electrons. The van der Waals surface area contributed by atoms with Crippen LogP contribution < -0.4 is 5.32 Å². The maximum Gasteiger partial charge on any atom is -0.00406 e. The smallest absolute Gasteiger partial charge is 0.00406 e. The number of benzene rings is 1. The van der Waals surface area contributed by atoms with E-state index < -0.39 is 0 Å². The minimum absolute atomic E-state index is 0.261. The van der Waals surface area contributed by atoms with E-state index in [1.165, 1.54) is 29.5 Å². The zero-order chi connectivity index (χ0) is 12.9. The lowest BCUT2D eigenvalue weighted by Crippen LogP contribution is -2.26. The van der Waals surface area contributed by atoms with Crippen molar-refractivity contribution in [3.8, 4) is 0 Å². The van der Waals surface area contributed by atoms with Gasteiger partial charge in [-0.2, -0.15) is 0 Å². The minimum Gasteiger partial charge on any atom is -0.317 e. The SMILES string of the molecule is CCCNCCC(C)(C)c1cc(C)ccc1C. The predicted octanol–water partition coefficient (Wildman–Crippen LogP) is 3.97. The van der Waals surface area contributed by atoms with E-state index in [-0.39, 0.29) is 5.41 Å². The van der Waals surface area contributed by atoms with Gasteiger partial charge in [0.25, 0.3) is 0 Å². The highest BCUT2D eigenvalue weighted by molar-refractivity contribution is 5.35. The van der Waals surface area contributed by atoms with Crippen molar-refractivity contribution in [3.05, 3.63) is 34.9 Å². The third kappa shape index (κ3) is 4.16. The third-order valence-electron chi connectivity index (χ3n) is 3.48. The summed E-state index contributed by atoms with van der Waals surface area (Å²) in [6.45, 7) is 13.5. The van der Waals surface area contributed by atoms with Crippen molar-refractivity contribution < 1.29 is 0 Å². The van der Waals surface area contributed by atoms with Gasteiger partial charge in [0.15, 0.2) is 0 Å². The lowest BCUT2D eigenvalue weighted by Gasteiger charge is -2.28. The fraction of sp³-hybridized carbons (Fsp3) is 0.625. The van der Waals surface area contributed by atoms with Gasteiger partial charge < -0.3 is 5.32 Å². The second kappa shape index (κ2) is 6.20. The average Bonchev–Trinajstić information content (AvgIpc) is 2.28. The molecule has 1 aromatic rings. The van der Waals surface area contributed by atoms with E-state index in [1.807, 2.05) is 0 Å². The van der Waals surface area contributed by atoms with Crippen molar-refractivity contribution in [2.45, 2.75) is 52.9 Å². The molecule has 0 unspecified atom stereocenters. The van der Waals surface area contributed by atoms with Crippen LogP contribution in [-0.4, -0.2) is 13.1 Å². The molecule has 1 nitrogen and oxygen atoms in total. The van der Waals surface area contributed by atoms with Crippen LogP contribution in [0.5, 0.6) is 0 Å². The first-order chi connectivity index (χ1) is 7.97. The Morgan fingerprint density at radius 2 is 1.82 bits per heavy atom. The van der Waals surface area contributed by atoms with Crippen molar-refractivity contribution in [2.24, 2.45) is 0 Å². The second-order valence-corrected chi connectivity index (χ2v) is 5.70. The normalized spacial score (nSPS) is 11.8. The van der Waals surface area contributed by atoms with Gasteiger partial charge in [-0.3, -0.25) is 0 Å². The largest absolute Gasteiger partial charge is 0.317 e. The van der Waals surface area contributed by atoms with Gasteiger partial charge in [0, 0.05) is 0 Å². The van der Waals surface area contributed by atoms with Gasteiger partial charge in [-0.1, -0.05) is 44.5 Å². The van der Waals surface area contributed by atoms with E-state index in [0.717, 1.165) is 13.1 Å². The number of aryl methyl sites for hydroxylation is 2. The summed E-state index contributed by atoms with van der Waals surface area (Å²) in [6.07, 6.45) is 2.40. The van der Waals surface area contributed by atoms with Crippen LogP contribution in [0.3, 0.4) is 0 Å². The van der Waals surface area contributed by atoms with Crippen LogP contribution >= 0.6 is 0 Å². The highest BCUT2D eigenvalue weighted by Crippen LogP contribution is 2.29. The van der Waals surface area contributed by atoms with Crippen LogP contribution in [0.4, 0.5) is 0 Å². The fourth-order valence-electron chi connectivity index (χ4n) is 2.30. The summed E-state index contributed by atoms with van der Waals surface area (Å²) in [5.74, 6) is 0. The molecule has 0 aliphatic rings. The van der Waals surface area contributed by atoms with Crippen molar-refractivity contribution in [2.75, 3.05) is 13.1 Å². The molecule has 0 bridgehead atoms. The Balaban J connectivity index is 2.71. The molecular formula is C16H27N. The Bertz CT molecular complexity index is 353. The summed E-state index contributed by atoms with van der Waals surface area (Å²) >= 11 is 0. The molecule has 17 heavy (non-hydrogen) atoms. The van der Waals surface area contributed by atoms with E-state index in [1.54, 1.807) is 0 Å². The molecule has 0 spiro atoms. The lowest BCUT2D eigenvalue weighted by atomic mass is 9.79. The van der Waals surface area contributed by atoms with Crippen LogP contribution in [0.25, 0.3) is 0 Å². The van der Waals surface area contributed by atoms with Gasteiger partial charge >= 0.3 is 0 Å². The van der Waals surface area contributed by atoms with Gasteiger partial charge in [-0.15, -0.1) is 0 Å². The molecule has 0 aromatic heterocycles.